The van der Waals surface area contributed by atoms with Gasteiger partial charge in [0.15, 0.2) is 5.76 Å². The maximum atomic E-state index is 13.0. The number of aromatic nitrogens is 1. The lowest BCUT2D eigenvalue weighted by Crippen LogP contribution is -2.40. The number of nitrogens with zero attached hydrogens (tertiary/aromatic N) is 2. The van der Waals surface area contributed by atoms with Gasteiger partial charge in [0.05, 0.1) is 6.61 Å². The largest absolute Gasteiger partial charge is 0.372 e. The maximum Gasteiger partial charge on any atom is 0.250 e. The summed E-state index contributed by atoms with van der Waals surface area (Å²) in [5.41, 5.74) is 0.546. The molecule has 0 N–H and O–H groups in total. The Morgan fingerprint density at radius 1 is 1.38 bits per heavy atom. The fourth-order valence-electron chi connectivity index (χ4n) is 2.11. The molecule has 1 aliphatic heterocycles. The van der Waals surface area contributed by atoms with Crippen LogP contribution in [0.5, 0.6) is 0 Å². The molecule has 0 amide bonds. The van der Waals surface area contributed by atoms with Crippen molar-refractivity contribution in [2.75, 3.05) is 32.9 Å². The summed E-state index contributed by atoms with van der Waals surface area (Å²) in [4.78, 5) is 1.97. The molecule has 1 aromatic rings. The van der Waals surface area contributed by atoms with Crippen molar-refractivity contribution in [3.05, 3.63) is 23.6 Å². The van der Waals surface area contributed by atoms with Crippen molar-refractivity contribution in [1.29, 1.82) is 0 Å². The Kier molecular flexibility index (Phi) is 5.81. The van der Waals surface area contributed by atoms with Gasteiger partial charge in [0.1, 0.15) is 19.0 Å². The summed E-state index contributed by atoms with van der Waals surface area (Å²) in [5.74, 6) is -1.96. The highest BCUT2D eigenvalue weighted by Crippen LogP contribution is 2.27. The molecule has 118 valence electrons. The van der Waals surface area contributed by atoms with Crippen LogP contribution >= 0.6 is 0 Å². The third kappa shape index (κ3) is 5.51. The molecule has 21 heavy (non-hydrogen) atoms. The van der Waals surface area contributed by atoms with Crippen LogP contribution in [0, 0.1) is 0 Å². The van der Waals surface area contributed by atoms with Gasteiger partial charge < -0.3 is 14.2 Å². The first kappa shape index (κ1) is 16.0. The summed E-state index contributed by atoms with van der Waals surface area (Å²) in [7, 11) is 0. The zero-order valence-electron chi connectivity index (χ0n) is 11.7. The van der Waals surface area contributed by atoms with Crippen molar-refractivity contribution in [2.45, 2.75) is 25.4 Å². The van der Waals surface area contributed by atoms with Crippen LogP contribution in [0.2, 0.25) is 0 Å². The molecular weight excluding hydrogens is 285 g/mol. The number of hydrogen-bond donors (Lipinski definition) is 0. The Morgan fingerprint density at radius 3 is 2.86 bits per heavy atom. The Labute approximate surface area is 121 Å². The van der Waals surface area contributed by atoms with E-state index in [-0.39, 0.29) is 19.4 Å². The number of allylic oxidation sites excluding steroid dienone is 1. The molecule has 1 saturated heterocycles. The molecule has 0 unspecified atom stereocenters. The Hall–Kier alpha value is -1.34. The molecule has 4 nitrogen and oxygen atoms in total. The summed E-state index contributed by atoms with van der Waals surface area (Å²) in [6.07, 6.45) is 2.70. The lowest BCUT2D eigenvalue weighted by Gasteiger charge is -2.31. The highest BCUT2D eigenvalue weighted by atomic mass is 19.3. The van der Waals surface area contributed by atoms with E-state index in [1.165, 1.54) is 12.2 Å². The lowest BCUT2D eigenvalue weighted by atomic mass is 10.1. The minimum Gasteiger partial charge on any atom is -0.372 e. The maximum absolute atomic E-state index is 13.0. The monoisotopic (exact) mass is 304 g/mol. The van der Waals surface area contributed by atoms with Gasteiger partial charge in [-0.25, -0.2) is 13.2 Å². The van der Waals surface area contributed by atoms with Crippen molar-refractivity contribution in [1.82, 2.24) is 10.1 Å². The molecule has 0 aromatic carbocycles. The van der Waals surface area contributed by atoms with Crippen LogP contribution in [0.3, 0.4) is 0 Å². The molecular formula is C14H19F3N2O2. The first-order valence-corrected chi connectivity index (χ1v) is 6.95. The van der Waals surface area contributed by atoms with E-state index in [2.05, 4.69) is 5.16 Å². The third-order valence-electron chi connectivity index (χ3n) is 3.34. The molecule has 0 saturated carbocycles. The zero-order chi connectivity index (χ0) is 15.1. The number of alkyl halides is 3. The second-order valence-corrected chi connectivity index (χ2v) is 5.02. The molecule has 0 spiro atoms. The number of ether oxygens (including phenoxy) is 1. The van der Waals surface area contributed by atoms with Gasteiger partial charge in [0.25, 0.3) is 5.92 Å². The van der Waals surface area contributed by atoms with Crippen LogP contribution in [0.4, 0.5) is 13.2 Å². The number of piperidine rings is 1. The van der Waals surface area contributed by atoms with Gasteiger partial charge in [0, 0.05) is 38.5 Å². The SMILES string of the molecule is FC/C=C/c1cc(COCCN2CCC(F)(F)CC2)on1. The summed E-state index contributed by atoms with van der Waals surface area (Å²) < 4.78 is 48.3. The van der Waals surface area contributed by atoms with E-state index < -0.39 is 12.6 Å². The minimum atomic E-state index is -2.51. The van der Waals surface area contributed by atoms with E-state index in [4.69, 9.17) is 9.26 Å². The van der Waals surface area contributed by atoms with Gasteiger partial charge in [-0.15, -0.1) is 0 Å². The standard InChI is InChI=1S/C14H19F3N2O2/c15-5-1-2-12-10-13(21-18-12)11-20-9-8-19-6-3-14(16,17)4-7-19/h1-2,10H,3-9,11H2/b2-1+. The summed E-state index contributed by atoms with van der Waals surface area (Å²) in [6.45, 7) is 1.59. The minimum absolute atomic E-state index is 0.0840. The van der Waals surface area contributed by atoms with Gasteiger partial charge in [0.2, 0.25) is 0 Å². The molecule has 0 aliphatic carbocycles. The average Bonchev–Trinajstić information content (AvgIpc) is 2.91. The van der Waals surface area contributed by atoms with E-state index in [1.54, 1.807) is 6.07 Å². The van der Waals surface area contributed by atoms with E-state index in [0.717, 1.165) is 0 Å². The molecule has 1 fully saturated rings. The predicted octanol–water partition coefficient (Wildman–Crippen LogP) is 2.91. The van der Waals surface area contributed by atoms with Crippen LogP contribution in [0.1, 0.15) is 24.3 Å². The molecule has 7 heteroatoms. The predicted molar refractivity (Wildman–Crippen MR) is 71.8 cm³/mol. The van der Waals surface area contributed by atoms with Crippen LogP contribution in [0.15, 0.2) is 16.7 Å². The van der Waals surface area contributed by atoms with Gasteiger partial charge in [-0.1, -0.05) is 11.2 Å². The second kappa shape index (κ2) is 7.61. The van der Waals surface area contributed by atoms with E-state index in [0.29, 0.717) is 37.7 Å². The second-order valence-electron chi connectivity index (χ2n) is 5.02. The van der Waals surface area contributed by atoms with E-state index in [9.17, 15) is 13.2 Å². The van der Waals surface area contributed by atoms with Gasteiger partial charge in [-0.05, 0) is 6.08 Å². The van der Waals surface area contributed by atoms with E-state index >= 15 is 0 Å². The quantitative estimate of drug-likeness (QED) is 0.726. The number of rotatable bonds is 7. The summed E-state index contributed by atoms with van der Waals surface area (Å²) in [5, 5.41) is 3.74. The molecule has 2 heterocycles. The summed E-state index contributed by atoms with van der Waals surface area (Å²) in [6, 6.07) is 1.67. The van der Waals surface area contributed by atoms with Crippen LogP contribution in [0.25, 0.3) is 6.08 Å². The number of likely N-dealkylation sites (tertiary alicyclic amines) is 1. The first-order valence-electron chi connectivity index (χ1n) is 6.95. The highest BCUT2D eigenvalue weighted by molar-refractivity contribution is 5.43. The van der Waals surface area contributed by atoms with Gasteiger partial charge in [-0.2, -0.15) is 0 Å². The molecule has 0 atom stereocenters. The first-order chi connectivity index (χ1) is 10.1. The highest BCUT2D eigenvalue weighted by Gasteiger charge is 2.33. The number of halogens is 3. The Bertz CT molecular complexity index is 453. The average molecular weight is 304 g/mol. The molecule has 1 aromatic heterocycles. The normalized spacial score (nSPS) is 19.4. The van der Waals surface area contributed by atoms with Gasteiger partial charge in [-0.3, -0.25) is 0 Å². The third-order valence-corrected chi connectivity index (χ3v) is 3.34. The fraction of sp³-hybridized carbons (Fsp3) is 0.643. The lowest BCUT2D eigenvalue weighted by molar-refractivity contribution is -0.0593. The molecule has 1 aliphatic rings. The molecule has 2 rings (SSSR count). The Morgan fingerprint density at radius 2 is 2.14 bits per heavy atom. The smallest absolute Gasteiger partial charge is 0.250 e. The zero-order valence-corrected chi connectivity index (χ0v) is 11.7. The fourth-order valence-corrected chi connectivity index (χ4v) is 2.11. The van der Waals surface area contributed by atoms with Crippen LogP contribution in [-0.2, 0) is 11.3 Å². The van der Waals surface area contributed by atoms with Crippen LogP contribution in [-0.4, -0.2) is 48.9 Å². The van der Waals surface area contributed by atoms with Crippen molar-refractivity contribution in [3.8, 4) is 0 Å². The van der Waals surface area contributed by atoms with Crippen molar-refractivity contribution in [2.24, 2.45) is 0 Å². The number of hydrogen-bond acceptors (Lipinski definition) is 4. The van der Waals surface area contributed by atoms with Gasteiger partial charge >= 0.3 is 0 Å². The summed E-state index contributed by atoms with van der Waals surface area (Å²) >= 11 is 0. The Balaban J connectivity index is 1.61. The van der Waals surface area contributed by atoms with Crippen LogP contribution < -0.4 is 0 Å². The van der Waals surface area contributed by atoms with Crippen molar-refractivity contribution >= 4 is 6.08 Å². The van der Waals surface area contributed by atoms with E-state index in [1.807, 2.05) is 4.90 Å². The topological polar surface area (TPSA) is 38.5 Å². The van der Waals surface area contributed by atoms with Crippen molar-refractivity contribution < 1.29 is 22.4 Å². The van der Waals surface area contributed by atoms with Crippen molar-refractivity contribution in [3.63, 3.8) is 0 Å². The molecule has 0 bridgehead atoms. The molecule has 0 radical (unpaired) electrons.